The molecule has 1 unspecified atom stereocenters. The van der Waals surface area contributed by atoms with E-state index in [1.807, 2.05) is 6.26 Å². The van der Waals surface area contributed by atoms with Crippen molar-refractivity contribution in [2.45, 2.75) is 17.9 Å². The minimum Gasteiger partial charge on any atom is -0.263 e. The third-order valence-corrected chi connectivity index (χ3v) is 4.69. The largest absolute Gasteiger partial charge is 0.263 e. The fraction of sp³-hybridized carbons (Fsp3) is 0.444. The Labute approximate surface area is 105 Å². The number of nitrogens with one attached hydrogen (secondary N) is 1. The van der Waals surface area contributed by atoms with Crippen LogP contribution in [0.4, 0.5) is 0 Å². The summed E-state index contributed by atoms with van der Waals surface area (Å²) in [5.41, 5.74) is 0. The van der Waals surface area contributed by atoms with Crippen molar-refractivity contribution in [2.24, 2.45) is 0 Å². The third kappa shape index (κ3) is 3.62. The lowest BCUT2D eigenvalue weighted by Crippen LogP contribution is -2.34. The lowest BCUT2D eigenvalue weighted by molar-refractivity contribution is 0.570. The highest BCUT2D eigenvalue weighted by Crippen LogP contribution is 2.19. The van der Waals surface area contributed by atoms with Crippen molar-refractivity contribution in [1.29, 1.82) is 0 Å². The zero-order chi connectivity index (χ0) is 12.2. The van der Waals surface area contributed by atoms with E-state index in [1.165, 1.54) is 18.5 Å². The molecule has 0 aliphatic carbocycles. The standard InChI is InChI=1S/C9H13ClN2O2S2/c1-7(6-15-2)12-16(13,14)9-5-11-4-3-8(9)10/h3-5,7,12H,6H2,1-2H3. The average molecular weight is 281 g/mol. The van der Waals surface area contributed by atoms with Gasteiger partial charge in [-0.2, -0.15) is 11.8 Å². The van der Waals surface area contributed by atoms with E-state index in [9.17, 15) is 8.42 Å². The maximum absolute atomic E-state index is 11.9. The predicted molar refractivity (Wildman–Crippen MR) is 67.4 cm³/mol. The van der Waals surface area contributed by atoms with Crippen molar-refractivity contribution in [3.63, 3.8) is 0 Å². The first kappa shape index (κ1) is 13.8. The highest BCUT2D eigenvalue weighted by Gasteiger charge is 2.20. The number of hydrogen-bond donors (Lipinski definition) is 1. The van der Waals surface area contributed by atoms with Gasteiger partial charge in [-0.1, -0.05) is 11.6 Å². The molecule has 1 aromatic heterocycles. The maximum atomic E-state index is 11.9. The van der Waals surface area contributed by atoms with Gasteiger partial charge in [-0.15, -0.1) is 0 Å². The molecular formula is C9H13ClN2O2S2. The number of aromatic nitrogens is 1. The van der Waals surface area contributed by atoms with Crippen molar-refractivity contribution in [2.75, 3.05) is 12.0 Å². The van der Waals surface area contributed by atoms with Gasteiger partial charge in [-0.05, 0) is 19.2 Å². The predicted octanol–water partition coefficient (Wildman–Crippen LogP) is 1.76. The maximum Gasteiger partial charge on any atom is 0.243 e. The van der Waals surface area contributed by atoms with Gasteiger partial charge < -0.3 is 0 Å². The van der Waals surface area contributed by atoms with Crippen LogP contribution in [0.1, 0.15) is 6.92 Å². The van der Waals surface area contributed by atoms with Gasteiger partial charge in [0.25, 0.3) is 0 Å². The van der Waals surface area contributed by atoms with E-state index in [4.69, 9.17) is 11.6 Å². The molecule has 7 heteroatoms. The highest BCUT2D eigenvalue weighted by atomic mass is 35.5. The fourth-order valence-corrected chi connectivity index (χ4v) is 3.54. The molecule has 0 radical (unpaired) electrons. The number of halogens is 1. The molecule has 1 atom stereocenters. The molecular weight excluding hydrogens is 268 g/mol. The van der Waals surface area contributed by atoms with Crippen molar-refractivity contribution >= 4 is 33.4 Å². The number of thioether (sulfide) groups is 1. The summed E-state index contributed by atoms with van der Waals surface area (Å²) in [6.45, 7) is 1.80. The van der Waals surface area contributed by atoms with Crippen molar-refractivity contribution < 1.29 is 8.42 Å². The molecule has 0 aliphatic rings. The smallest absolute Gasteiger partial charge is 0.243 e. The number of sulfonamides is 1. The molecule has 1 heterocycles. The molecule has 4 nitrogen and oxygen atoms in total. The zero-order valence-electron chi connectivity index (χ0n) is 8.97. The Balaban J connectivity index is 2.91. The summed E-state index contributed by atoms with van der Waals surface area (Å²) in [4.78, 5) is 3.77. The molecule has 0 fully saturated rings. The molecule has 0 spiro atoms. The van der Waals surface area contributed by atoms with Crippen molar-refractivity contribution in [3.8, 4) is 0 Å². The van der Waals surface area contributed by atoms with Gasteiger partial charge in [0, 0.05) is 24.2 Å². The van der Waals surface area contributed by atoms with Crippen LogP contribution in [-0.2, 0) is 10.0 Å². The van der Waals surface area contributed by atoms with Gasteiger partial charge in [-0.3, -0.25) is 4.98 Å². The number of pyridine rings is 1. The Morgan fingerprint density at radius 1 is 1.62 bits per heavy atom. The number of rotatable bonds is 5. The summed E-state index contributed by atoms with van der Waals surface area (Å²) in [6.07, 6.45) is 4.62. The fourth-order valence-electron chi connectivity index (χ4n) is 1.17. The first-order chi connectivity index (χ1) is 7.47. The van der Waals surface area contributed by atoms with E-state index < -0.39 is 10.0 Å². The second-order valence-corrected chi connectivity index (χ2v) is 6.28. The third-order valence-electron chi connectivity index (χ3n) is 1.80. The highest BCUT2D eigenvalue weighted by molar-refractivity contribution is 7.98. The molecule has 0 aliphatic heterocycles. The van der Waals surface area contributed by atoms with E-state index in [-0.39, 0.29) is 16.0 Å². The lowest BCUT2D eigenvalue weighted by atomic mass is 10.4. The molecule has 90 valence electrons. The summed E-state index contributed by atoms with van der Waals surface area (Å²) in [5, 5.41) is 0.179. The zero-order valence-corrected chi connectivity index (χ0v) is 11.4. The number of hydrogen-bond acceptors (Lipinski definition) is 4. The first-order valence-electron chi connectivity index (χ1n) is 4.58. The summed E-state index contributed by atoms with van der Waals surface area (Å²) >= 11 is 7.38. The Bertz CT molecular complexity index is 451. The Morgan fingerprint density at radius 3 is 2.88 bits per heavy atom. The Morgan fingerprint density at radius 2 is 2.31 bits per heavy atom. The number of nitrogens with zero attached hydrogens (tertiary/aromatic N) is 1. The molecule has 1 aromatic rings. The SMILES string of the molecule is CSCC(C)NS(=O)(=O)c1cnccc1Cl. The minimum absolute atomic E-state index is 0.0182. The molecule has 1 rings (SSSR count). The second-order valence-electron chi connectivity index (χ2n) is 3.28. The van der Waals surface area contributed by atoms with Gasteiger partial charge in [0.05, 0.1) is 5.02 Å². The van der Waals surface area contributed by atoms with Crippen LogP contribution in [0.5, 0.6) is 0 Å². The van der Waals surface area contributed by atoms with Crippen LogP contribution in [0, 0.1) is 0 Å². The van der Waals surface area contributed by atoms with Crippen LogP contribution in [0.25, 0.3) is 0 Å². The van der Waals surface area contributed by atoms with Gasteiger partial charge in [0.15, 0.2) is 0 Å². The monoisotopic (exact) mass is 280 g/mol. The van der Waals surface area contributed by atoms with Crippen molar-refractivity contribution in [1.82, 2.24) is 9.71 Å². The molecule has 0 saturated heterocycles. The van der Waals surface area contributed by atoms with E-state index in [1.54, 1.807) is 18.7 Å². The van der Waals surface area contributed by atoms with Gasteiger partial charge in [0.2, 0.25) is 10.0 Å². The molecule has 0 saturated carbocycles. The molecule has 0 amide bonds. The van der Waals surface area contributed by atoms with Crippen LogP contribution in [0.15, 0.2) is 23.4 Å². The normalized spacial score (nSPS) is 13.7. The molecule has 1 N–H and O–H groups in total. The van der Waals surface area contributed by atoms with Crippen LogP contribution >= 0.6 is 23.4 Å². The summed E-state index contributed by atoms with van der Waals surface area (Å²) in [7, 11) is -3.57. The summed E-state index contributed by atoms with van der Waals surface area (Å²) in [5.74, 6) is 0.705. The van der Waals surface area contributed by atoms with E-state index in [0.717, 1.165) is 0 Å². The van der Waals surface area contributed by atoms with Gasteiger partial charge in [-0.25, -0.2) is 13.1 Å². The Hall–Kier alpha value is -0.300. The quantitative estimate of drug-likeness (QED) is 0.893. The van der Waals surface area contributed by atoms with Crippen molar-refractivity contribution in [3.05, 3.63) is 23.5 Å². The molecule has 0 aromatic carbocycles. The second kappa shape index (κ2) is 5.86. The summed E-state index contributed by atoms with van der Waals surface area (Å²) < 4.78 is 26.3. The summed E-state index contributed by atoms with van der Waals surface area (Å²) in [6, 6.07) is 1.31. The van der Waals surface area contributed by atoms with Crippen LogP contribution < -0.4 is 4.72 Å². The molecule has 0 bridgehead atoms. The topological polar surface area (TPSA) is 59.1 Å². The van der Waals surface area contributed by atoms with Crippen LogP contribution in [0.2, 0.25) is 5.02 Å². The average Bonchev–Trinajstić information content (AvgIpc) is 2.17. The van der Waals surface area contributed by atoms with Gasteiger partial charge >= 0.3 is 0 Å². The van der Waals surface area contributed by atoms with E-state index >= 15 is 0 Å². The lowest BCUT2D eigenvalue weighted by Gasteiger charge is -2.13. The van der Waals surface area contributed by atoms with Gasteiger partial charge in [0.1, 0.15) is 4.90 Å². The van der Waals surface area contributed by atoms with Crippen LogP contribution in [-0.4, -0.2) is 31.5 Å². The molecule has 16 heavy (non-hydrogen) atoms. The van der Waals surface area contributed by atoms with Crippen LogP contribution in [0.3, 0.4) is 0 Å². The van der Waals surface area contributed by atoms with E-state index in [0.29, 0.717) is 5.75 Å². The Kier molecular flexibility index (Phi) is 5.04. The minimum atomic E-state index is -3.57. The first-order valence-corrected chi connectivity index (χ1v) is 7.83. The van der Waals surface area contributed by atoms with E-state index in [2.05, 4.69) is 9.71 Å².